The number of halogens is 1. The van der Waals surface area contributed by atoms with Gasteiger partial charge in [-0.2, -0.15) is 0 Å². The topological polar surface area (TPSA) is 47.0 Å². The van der Waals surface area contributed by atoms with Crippen molar-refractivity contribution in [1.29, 1.82) is 0 Å². The van der Waals surface area contributed by atoms with Gasteiger partial charge in [0.15, 0.2) is 0 Å². The van der Waals surface area contributed by atoms with Gasteiger partial charge in [0.2, 0.25) is 0 Å². The molecular formula is C7H6ClNO2S. The van der Waals surface area contributed by atoms with Gasteiger partial charge >= 0.3 is 0 Å². The van der Waals surface area contributed by atoms with Crippen molar-refractivity contribution >= 4 is 25.8 Å². The minimum atomic E-state index is -3.56. The van der Waals surface area contributed by atoms with E-state index < -0.39 is 9.05 Å². The predicted molar refractivity (Wildman–Crippen MR) is 48.0 cm³/mol. The number of hydrogen-bond donors (Lipinski definition) is 0. The van der Waals surface area contributed by atoms with Crippen molar-refractivity contribution < 1.29 is 8.42 Å². The lowest BCUT2D eigenvalue weighted by Crippen LogP contribution is -1.79. The molecular weight excluding hydrogens is 198 g/mol. The highest BCUT2D eigenvalue weighted by atomic mass is 35.7. The first-order valence-electron chi connectivity index (χ1n) is 3.11. The van der Waals surface area contributed by atoms with Crippen molar-refractivity contribution in [1.82, 2.24) is 4.98 Å². The van der Waals surface area contributed by atoms with Crippen LogP contribution in [0.2, 0.25) is 0 Å². The highest BCUT2D eigenvalue weighted by Gasteiger charge is 1.95. The number of nitrogens with zero attached hydrogens (tertiary/aromatic N) is 1. The average molecular weight is 204 g/mol. The molecule has 0 aliphatic carbocycles. The Morgan fingerprint density at radius 1 is 1.50 bits per heavy atom. The summed E-state index contributed by atoms with van der Waals surface area (Å²) in [4.78, 5) is 3.80. The molecule has 0 aliphatic rings. The van der Waals surface area contributed by atoms with Crippen LogP contribution in [0.5, 0.6) is 0 Å². The fourth-order valence-electron chi connectivity index (χ4n) is 0.634. The van der Waals surface area contributed by atoms with E-state index in [1.54, 1.807) is 24.5 Å². The summed E-state index contributed by atoms with van der Waals surface area (Å²) in [5.41, 5.74) is 0.696. The third kappa shape index (κ3) is 3.50. The van der Waals surface area contributed by atoms with Gasteiger partial charge in [-0.25, -0.2) is 8.42 Å². The molecule has 64 valence electrons. The fourth-order valence-corrected chi connectivity index (χ4v) is 1.11. The van der Waals surface area contributed by atoms with E-state index in [1.807, 2.05) is 0 Å². The van der Waals surface area contributed by atoms with E-state index in [-0.39, 0.29) is 0 Å². The second-order valence-corrected chi connectivity index (χ2v) is 4.58. The second kappa shape index (κ2) is 3.69. The molecule has 1 rings (SSSR count). The van der Waals surface area contributed by atoms with Gasteiger partial charge in [-0.05, 0) is 17.7 Å². The zero-order chi connectivity index (χ0) is 9.03. The minimum Gasteiger partial charge on any atom is -0.264 e. The SMILES string of the molecule is O=S(=O)(Cl)/C=C\c1cccnc1. The number of rotatable bonds is 2. The molecule has 0 saturated heterocycles. The van der Waals surface area contributed by atoms with Crippen LogP contribution < -0.4 is 0 Å². The number of pyridine rings is 1. The van der Waals surface area contributed by atoms with E-state index in [0.717, 1.165) is 5.41 Å². The third-order valence-electron chi connectivity index (χ3n) is 1.11. The van der Waals surface area contributed by atoms with Crippen LogP contribution in [0, 0.1) is 0 Å². The van der Waals surface area contributed by atoms with Crippen LogP contribution in [-0.4, -0.2) is 13.4 Å². The maximum atomic E-state index is 10.5. The Hall–Kier alpha value is -0.870. The Morgan fingerprint density at radius 3 is 2.75 bits per heavy atom. The first-order valence-corrected chi connectivity index (χ1v) is 5.48. The predicted octanol–water partition coefficient (Wildman–Crippen LogP) is 1.62. The first-order chi connectivity index (χ1) is 5.58. The molecule has 12 heavy (non-hydrogen) atoms. The fraction of sp³-hybridized carbons (Fsp3) is 0. The molecule has 0 N–H and O–H groups in total. The largest absolute Gasteiger partial charge is 0.264 e. The lowest BCUT2D eigenvalue weighted by Gasteiger charge is -1.88. The lowest BCUT2D eigenvalue weighted by atomic mass is 10.3. The molecule has 0 aromatic carbocycles. The lowest BCUT2D eigenvalue weighted by molar-refractivity contribution is 0.617. The maximum Gasteiger partial charge on any atom is 0.254 e. The van der Waals surface area contributed by atoms with Crippen molar-refractivity contribution in [3.05, 3.63) is 35.5 Å². The van der Waals surface area contributed by atoms with Gasteiger partial charge in [0.05, 0.1) is 0 Å². The second-order valence-electron chi connectivity index (χ2n) is 2.06. The molecule has 0 atom stereocenters. The molecule has 1 aromatic heterocycles. The van der Waals surface area contributed by atoms with Gasteiger partial charge in [-0.3, -0.25) is 4.98 Å². The summed E-state index contributed by atoms with van der Waals surface area (Å²) in [5, 5.41) is 0.922. The van der Waals surface area contributed by atoms with Crippen LogP contribution in [0.1, 0.15) is 5.56 Å². The molecule has 0 unspecified atom stereocenters. The Bertz CT molecular complexity index is 372. The minimum absolute atomic E-state index is 0.696. The van der Waals surface area contributed by atoms with Gasteiger partial charge in [0.1, 0.15) is 0 Å². The molecule has 0 saturated carbocycles. The summed E-state index contributed by atoms with van der Waals surface area (Å²) in [7, 11) is 1.39. The molecule has 0 spiro atoms. The Morgan fingerprint density at radius 2 is 2.25 bits per heavy atom. The van der Waals surface area contributed by atoms with Crippen LogP contribution in [0.25, 0.3) is 6.08 Å². The summed E-state index contributed by atoms with van der Waals surface area (Å²) in [6, 6.07) is 3.44. The molecule has 0 radical (unpaired) electrons. The zero-order valence-electron chi connectivity index (χ0n) is 6.01. The van der Waals surface area contributed by atoms with Crippen molar-refractivity contribution in [2.75, 3.05) is 0 Å². The summed E-state index contributed by atoms with van der Waals surface area (Å²) >= 11 is 0. The van der Waals surface area contributed by atoms with Crippen molar-refractivity contribution in [3.8, 4) is 0 Å². The van der Waals surface area contributed by atoms with E-state index in [4.69, 9.17) is 10.7 Å². The van der Waals surface area contributed by atoms with E-state index in [2.05, 4.69) is 4.98 Å². The Labute approximate surface area is 75.1 Å². The monoisotopic (exact) mass is 203 g/mol. The summed E-state index contributed by atoms with van der Waals surface area (Å²) in [5.74, 6) is 0. The standard InChI is InChI=1S/C7H6ClNO2S/c8-12(10,11)5-3-7-2-1-4-9-6-7/h1-6H/b5-3-. The average Bonchev–Trinajstić information content (AvgIpc) is 2.02. The Balaban J connectivity index is 2.85. The normalized spacial score (nSPS) is 12.1. The number of hydrogen-bond acceptors (Lipinski definition) is 3. The highest BCUT2D eigenvalue weighted by molar-refractivity contribution is 8.16. The molecule has 5 heteroatoms. The quantitative estimate of drug-likeness (QED) is 0.687. The van der Waals surface area contributed by atoms with Crippen LogP contribution in [-0.2, 0) is 9.05 Å². The molecule has 1 heterocycles. The molecule has 0 aliphatic heterocycles. The van der Waals surface area contributed by atoms with Crippen LogP contribution in [0.4, 0.5) is 0 Å². The van der Waals surface area contributed by atoms with Crippen LogP contribution in [0.15, 0.2) is 29.9 Å². The highest BCUT2D eigenvalue weighted by Crippen LogP contribution is 2.04. The van der Waals surface area contributed by atoms with Crippen molar-refractivity contribution in [3.63, 3.8) is 0 Å². The molecule has 0 fully saturated rings. The number of aromatic nitrogens is 1. The Kier molecular flexibility index (Phi) is 2.83. The van der Waals surface area contributed by atoms with Crippen molar-refractivity contribution in [2.45, 2.75) is 0 Å². The van der Waals surface area contributed by atoms with Crippen LogP contribution >= 0.6 is 10.7 Å². The van der Waals surface area contributed by atoms with Gasteiger partial charge in [0, 0.05) is 28.5 Å². The van der Waals surface area contributed by atoms with Gasteiger partial charge in [0.25, 0.3) is 9.05 Å². The summed E-state index contributed by atoms with van der Waals surface area (Å²) < 4.78 is 20.9. The third-order valence-corrected chi connectivity index (χ3v) is 1.88. The zero-order valence-corrected chi connectivity index (χ0v) is 7.59. The molecule has 0 bridgehead atoms. The van der Waals surface area contributed by atoms with E-state index in [0.29, 0.717) is 5.56 Å². The van der Waals surface area contributed by atoms with Gasteiger partial charge < -0.3 is 0 Å². The molecule has 3 nitrogen and oxygen atoms in total. The maximum absolute atomic E-state index is 10.5. The van der Waals surface area contributed by atoms with Crippen LogP contribution in [0.3, 0.4) is 0 Å². The molecule has 0 amide bonds. The van der Waals surface area contributed by atoms with E-state index >= 15 is 0 Å². The van der Waals surface area contributed by atoms with Gasteiger partial charge in [-0.15, -0.1) is 0 Å². The molecule has 1 aromatic rings. The first kappa shape index (κ1) is 9.22. The van der Waals surface area contributed by atoms with Gasteiger partial charge in [-0.1, -0.05) is 6.07 Å². The smallest absolute Gasteiger partial charge is 0.254 e. The van der Waals surface area contributed by atoms with E-state index in [9.17, 15) is 8.42 Å². The van der Waals surface area contributed by atoms with E-state index in [1.165, 1.54) is 6.08 Å². The van der Waals surface area contributed by atoms with Crippen molar-refractivity contribution in [2.24, 2.45) is 0 Å². The summed E-state index contributed by atoms with van der Waals surface area (Å²) in [6.45, 7) is 0. The summed E-state index contributed by atoms with van der Waals surface area (Å²) in [6.07, 6.45) is 4.53.